The van der Waals surface area contributed by atoms with E-state index in [4.69, 9.17) is 5.11 Å². The molecular weight excluding hydrogens is 316 g/mol. The van der Waals surface area contributed by atoms with Crippen LogP contribution in [0.25, 0.3) is 5.69 Å². The minimum absolute atomic E-state index is 0.0291. The van der Waals surface area contributed by atoms with Crippen molar-refractivity contribution >= 4 is 17.6 Å². The molecule has 1 aromatic heterocycles. The minimum atomic E-state index is -0.918. The molecule has 126 valence electrons. The molecule has 0 saturated carbocycles. The van der Waals surface area contributed by atoms with E-state index in [0.29, 0.717) is 12.1 Å². The highest BCUT2D eigenvalue weighted by Crippen LogP contribution is 2.15. The summed E-state index contributed by atoms with van der Waals surface area (Å²) < 4.78 is 1.43. The predicted octanol–water partition coefficient (Wildman–Crippen LogP) is 1.76. The smallest absolute Gasteiger partial charge is 0.303 e. The maximum Gasteiger partial charge on any atom is 0.303 e. The van der Waals surface area contributed by atoms with Gasteiger partial charge in [-0.25, -0.2) is 4.68 Å². The van der Waals surface area contributed by atoms with E-state index in [0.717, 1.165) is 0 Å². The molecule has 9 heteroatoms. The summed E-state index contributed by atoms with van der Waals surface area (Å²) in [4.78, 5) is 32.7. The Kier molecular flexibility index (Phi) is 5.25. The summed E-state index contributed by atoms with van der Waals surface area (Å²) >= 11 is 0. The van der Waals surface area contributed by atoms with E-state index in [1.165, 1.54) is 35.0 Å². The molecule has 2 rings (SSSR count). The molecule has 1 aromatic carbocycles. The number of aromatic nitrogens is 2. The molecule has 0 aliphatic rings. The van der Waals surface area contributed by atoms with E-state index in [1.807, 2.05) is 0 Å². The van der Waals surface area contributed by atoms with E-state index < -0.39 is 16.8 Å². The van der Waals surface area contributed by atoms with Crippen molar-refractivity contribution in [2.75, 3.05) is 0 Å². The van der Waals surface area contributed by atoms with Gasteiger partial charge in [-0.3, -0.25) is 19.7 Å². The third-order valence-corrected chi connectivity index (χ3v) is 3.32. The molecular formula is C15H16N4O5. The zero-order valence-corrected chi connectivity index (χ0v) is 12.9. The topological polar surface area (TPSA) is 127 Å². The first kappa shape index (κ1) is 17.1. The Morgan fingerprint density at radius 2 is 2.00 bits per heavy atom. The number of non-ortho nitro benzene ring substituents is 1. The number of nitro benzene ring substituents is 1. The van der Waals surface area contributed by atoms with E-state index in [-0.39, 0.29) is 23.8 Å². The summed E-state index contributed by atoms with van der Waals surface area (Å²) in [5, 5.41) is 26.1. The van der Waals surface area contributed by atoms with Crippen LogP contribution in [-0.4, -0.2) is 37.7 Å². The Labute approximate surface area is 137 Å². The van der Waals surface area contributed by atoms with E-state index in [1.54, 1.807) is 13.1 Å². The Morgan fingerprint density at radius 3 is 2.58 bits per heavy atom. The molecule has 0 spiro atoms. The molecule has 9 nitrogen and oxygen atoms in total. The number of carbonyl (C=O) groups is 2. The van der Waals surface area contributed by atoms with Crippen molar-refractivity contribution in [2.24, 2.45) is 0 Å². The Bertz CT molecular complexity index is 753. The normalized spacial score (nSPS) is 11.7. The van der Waals surface area contributed by atoms with Crippen LogP contribution in [0.3, 0.4) is 0 Å². The van der Waals surface area contributed by atoms with Gasteiger partial charge in [0.1, 0.15) is 0 Å². The van der Waals surface area contributed by atoms with Crippen molar-refractivity contribution in [2.45, 2.75) is 25.8 Å². The number of benzene rings is 1. The van der Waals surface area contributed by atoms with Gasteiger partial charge in [-0.15, -0.1) is 0 Å². The second-order valence-corrected chi connectivity index (χ2v) is 5.23. The lowest BCUT2D eigenvalue weighted by Crippen LogP contribution is -2.33. The van der Waals surface area contributed by atoms with Gasteiger partial charge in [0.05, 0.1) is 10.6 Å². The Balaban J connectivity index is 2.02. The molecule has 0 bridgehead atoms. The lowest BCUT2D eigenvalue weighted by atomic mass is 10.2. The molecule has 2 aromatic rings. The summed E-state index contributed by atoms with van der Waals surface area (Å²) in [7, 11) is 0. The van der Waals surface area contributed by atoms with Crippen molar-refractivity contribution in [3.8, 4) is 5.69 Å². The maximum atomic E-state index is 12.1. The SMILES string of the molecule is CC(CCC(=O)O)NC(=O)c1ccn(-c2ccc([N+](=O)[O-])cc2)n1. The number of nitrogens with one attached hydrogen (secondary N) is 1. The van der Waals surface area contributed by atoms with Crippen LogP contribution < -0.4 is 5.32 Å². The zero-order chi connectivity index (χ0) is 17.7. The van der Waals surface area contributed by atoms with Crippen molar-refractivity contribution in [1.29, 1.82) is 0 Å². The van der Waals surface area contributed by atoms with Crippen LogP contribution in [0.15, 0.2) is 36.5 Å². The highest BCUT2D eigenvalue weighted by Gasteiger charge is 2.14. The van der Waals surface area contributed by atoms with Crippen molar-refractivity contribution in [1.82, 2.24) is 15.1 Å². The predicted molar refractivity (Wildman–Crippen MR) is 84.0 cm³/mol. The average molecular weight is 332 g/mol. The second kappa shape index (κ2) is 7.36. The highest BCUT2D eigenvalue weighted by molar-refractivity contribution is 5.92. The molecule has 1 amide bonds. The first-order chi connectivity index (χ1) is 11.4. The van der Waals surface area contributed by atoms with Gasteiger partial charge in [0, 0.05) is 30.8 Å². The summed E-state index contributed by atoms with van der Waals surface area (Å²) in [5.74, 6) is -1.33. The molecule has 1 atom stereocenters. The minimum Gasteiger partial charge on any atom is -0.481 e. The zero-order valence-electron chi connectivity index (χ0n) is 12.9. The number of carbonyl (C=O) groups excluding carboxylic acids is 1. The van der Waals surface area contributed by atoms with Gasteiger partial charge >= 0.3 is 5.97 Å². The fourth-order valence-electron chi connectivity index (χ4n) is 2.03. The number of hydrogen-bond acceptors (Lipinski definition) is 5. The second-order valence-electron chi connectivity index (χ2n) is 5.23. The van der Waals surface area contributed by atoms with Crippen molar-refractivity contribution in [3.05, 3.63) is 52.3 Å². The molecule has 1 heterocycles. The number of nitro groups is 1. The standard InChI is InChI=1S/C15H16N4O5/c1-10(2-7-14(20)21)16-15(22)13-8-9-18(17-13)11-3-5-12(6-4-11)19(23)24/h3-6,8-10H,2,7H2,1H3,(H,16,22)(H,20,21). The third-order valence-electron chi connectivity index (χ3n) is 3.32. The van der Waals surface area contributed by atoms with Gasteiger partial charge in [-0.1, -0.05) is 0 Å². The number of carboxylic acid groups (broad SMARTS) is 1. The summed E-state index contributed by atoms with van der Waals surface area (Å²) in [6.07, 6.45) is 1.86. The van der Waals surface area contributed by atoms with Gasteiger partial charge in [0.2, 0.25) is 0 Å². The number of amides is 1. The third kappa shape index (κ3) is 4.38. The van der Waals surface area contributed by atoms with Crippen LogP contribution >= 0.6 is 0 Å². The average Bonchev–Trinajstić information content (AvgIpc) is 3.03. The van der Waals surface area contributed by atoms with Crippen molar-refractivity contribution < 1.29 is 19.6 Å². The van der Waals surface area contributed by atoms with Gasteiger partial charge in [0.25, 0.3) is 11.6 Å². The number of nitrogens with zero attached hydrogens (tertiary/aromatic N) is 3. The lowest BCUT2D eigenvalue weighted by Gasteiger charge is -2.11. The monoisotopic (exact) mass is 332 g/mol. The number of aliphatic carboxylic acids is 1. The van der Waals surface area contributed by atoms with Gasteiger partial charge in [-0.2, -0.15) is 5.10 Å². The summed E-state index contributed by atoms with van der Waals surface area (Å²) in [5.41, 5.74) is 0.727. The summed E-state index contributed by atoms with van der Waals surface area (Å²) in [6, 6.07) is 6.99. The molecule has 0 saturated heterocycles. The van der Waals surface area contributed by atoms with Crippen LogP contribution in [0, 0.1) is 10.1 Å². The number of rotatable bonds is 7. The van der Waals surface area contributed by atoms with Crippen LogP contribution in [0.5, 0.6) is 0 Å². The van der Waals surface area contributed by atoms with Crippen LogP contribution in [0.2, 0.25) is 0 Å². The Morgan fingerprint density at radius 1 is 1.33 bits per heavy atom. The van der Waals surface area contributed by atoms with E-state index in [2.05, 4.69) is 10.4 Å². The first-order valence-corrected chi connectivity index (χ1v) is 7.20. The van der Waals surface area contributed by atoms with Crippen LogP contribution in [0.1, 0.15) is 30.3 Å². The highest BCUT2D eigenvalue weighted by atomic mass is 16.6. The quantitative estimate of drug-likeness (QED) is 0.587. The molecule has 24 heavy (non-hydrogen) atoms. The van der Waals surface area contributed by atoms with Crippen LogP contribution in [-0.2, 0) is 4.79 Å². The van der Waals surface area contributed by atoms with Crippen LogP contribution in [0.4, 0.5) is 5.69 Å². The largest absolute Gasteiger partial charge is 0.481 e. The van der Waals surface area contributed by atoms with Gasteiger partial charge in [0.15, 0.2) is 5.69 Å². The first-order valence-electron chi connectivity index (χ1n) is 7.20. The van der Waals surface area contributed by atoms with Crippen molar-refractivity contribution in [3.63, 3.8) is 0 Å². The molecule has 0 fully saturated rings. The molecule has 0 aliphatic carbocycles. The molecule has 2 N–H and O–H groups in total. The number of carboxylic acids is 1. The summed E-state index contributed by atoms with van der Waals surface area (Å²) in [6.45, 7) is 1.72. The van der Waals surface area contributed by atoms with E-state index in [9.17, 15) is 19.7 Å². The maximum absolute atomic E-state index is 12.1. The molecule has 0 aliphatic heterocycles. The van der Waals surface area contributed by atoms with E-state index >= 15 is 0 Å². The lowest BCUT2D eigenvalue weighted by molar-refractivity contribution is -0.384. The Hall–Kier alpha value is -3.23. The number of hydrogen-bond donors (Lipinski definition) is 2. The van der Waals surface area contributed by atoms with Gasteiger partial charge < -0.3 is 10.4 Å². The molecule has 0 radical (unpaired) electrons. The fraction of sp³-hybridized carbons (Fsp3) is 0.267. The fourth-order valence-corrected chi connectivity index (χ4v) is 2.03. The van der Waals surface area contributed by atoms with Gasteiger partial charge in [-0.05, 0) is 31.5 Å². The molecule has 1 unspecified atom stereocenters.